The molecule has 0 bridgehead atoms. The molecular weight excluding hydrogens is 218 g/mol. The molecule has 1 aromatic rings. The Bertz CT molecular complexity index is 401. The highest BCUT2D eigenvalue weighted by atomic mass is 16.5. The van der Waals surface area contributed by atoms with Crippen molar-refractivity contribution < 1.29 is 14.6 Å². The van der Waals surface area contributed by atoms with E-state index in [2.05, 4.69) is 5.32 Å². The standard InChI is InChI=1S/C13H17NO3/c1-17-12-5-3-2-4-9(12)8-11(13(15)16)14-10-6-7-10/h2-5,10-11,14H,6-8H2,1H3,(H,15,16). The molecule has 1 fully saturated rings. The number of carboxylic acids is 1. The van der Waals surface area contributed by atoms with Crippen molar-refractivity contribution >= 4 is 5.97 Å². The van der Waals surface area contributed by atoms with E-state index in [9.17, 15) is 9.90 Å². The third-order valence-electron chi connectivity index (χ3n) is 2.93. The zero-order valence-electron chi connectivity index (χ0n) is 9.85. The summed E-state index contributed by atoms with van der Waals surface area (Å²) < 4.78 is 5.23. The van der Waals surface area contributed by atoms with Gasteiger partial charge in [0.25, 0.3) is 0 Å². The van der Waals surface area contributed by atoms with Crippen molar-refractivity contribution in [2.75, 3.05) is 7.11 Å². The predicted octanol–water partition coefficient (Wildman–Crippen LogP) is 1.44. The summed E-state index contributed by atoms with van der Waals surface area (Å²) in [5, 5.41) is 12.3. The van der Waals surface area contributed by atoms with Gasteiger partial charge in [0.1, 0.15) is 11.8 Å². The zero-order valence-corrected chi connectivity index (χ0v) is 9.85. The molecule has 2 N–H and O–H groups in total. The van der Waals surface area contributed by atoms with Crippen LogP contribution in [0.2, 0.25) is 0 Å². The maximum atomic E-state index is 11.2. The Morgan fingerprint density at radius 1 is 1.53 bits per heavy atom. The number of carboxylic acid groups (broad SMARTS) is 1. The van der Waals surface area contributed by atoms with Gasteiger partial charge in [0.2, 0.25) is 0 Å². The van der Waals surface area contributed by atoms with E-state index in [0.717, 1.165) is 24.2 Å². The number of nitrogens with one attached hydrogen (secondary N) is 1. The van der Waals surface area contributed by atoms with Crippen LogP contribution in [-0.4, -0.2) is 30.3 Å². The van der Waals surface area contributed by atoms with Crippen molar-refractivity contribution in [1.29, 1.82) is 0 Å². The van der Waals surface area contributed by atoms with E-state index < -0.39 is 12.0 Å². The van der Waals surface area contributed by atoms with E-state index in [4.69, 9.17) is 4.74 Å². The molecule has 0 amide bonds. The molecule has 0 heterocycles. The molecule has 1 saturated carbocycles. The molecule has 1 aliphatic rings. The van der Waals surface area contributed by atoms with Crippen molar-refractivity contribution in [2.24, 2.45) is 0 Å². The molecule has 1 atom stereocenters. The van der Waals surface area contributed by atoms with Crippen LogP contribution in [0.15, 0.2) is 24.3 Å². The Morgan fingerprint density at radius 3 is 2.82 bits per heavy atom. The van der Waals surface area contributed by atoms with Gasteiger partial charge in [0.15, 0.2) is 0 Å². The highest BCUT2D eigenvalue weighted by Crippen LogP contribution is 2.23. The van der Waals surface area contributed by atoms with Gasteiger partial charge < -0.3 is 15.2 Å². The monoisotopic (exact) mass is 235 g/mol. The van der Waals surface area contributed by atoms with E-state index in [1.165, 1.54) is 0 Å². The van der Waals surface area contributed by atoms with E-state index in [-0.39, 0.29) is 0 Å². The molecule has 0 spiro atoms. The number of rotatable bonds is 6. The lowest BCUT2D eigenvalue weighted by atomic mass is 10.0. The normalized spacial score (nSPS) is 16.5. The fourth-order valence-electron chi connectivity index (χ4n) is 1.84. The van der Waals surface area contributed by atoms with Gasteiger partial charge in [-0.3, -0.25) is 4.79 Å². The zero-order chi connectivity index (χ0) is 12.3. The van der Waals surface area contributed by atoms with Crippen LogP contribution in [0.4, 0.5) is 0 Å². The summed E-state index contributed by atoms with van der Waals surface area (Å²) in [5.41, 5.74) is 0.926. The summed E-state index contributed by atoms with van der Waals surface area (Å²) in [6.07, 6.45) is 2.61. The van der Waals surface area contributed by atoms with Crippen LogP contribution in [0, 0.1) is 0 Å². The van der Waals surface area contributed by atoms with Crippen molar-refractivity contribution in [1.82, 2.24) is 5.32 Å². The first-order chi connectivity index (χ1) is 8.20. The lowest BCUT2D eigenvalue weighted by Crippen LogP contribution is -2.39. The first kappa shape index (κ1) is 11.9. The average Bonchev–Trinajstić information content (AvgIpc) is 3.12. The summed E-state index contributed by atoms with van der Waals surface area (Å²) in [6, 6.07) is 7.39. The number of benzene rings is 1. The number of aliphatic carboxylic acids is 1. The largest absolute Gasteiger partial charge is 0.496 e. The summed E-state index contributed by atoms with van der Waals surface area (Å²) in [6.45, 7) is 0. The Hall–Kier alpha value is -1.55. The number of methoxy groups -OCH3 is 1. The van der Waals surface area contributed by atoms with Gasteiger partial charge in [-0.15, -0.1) is 0 Å². The fourth-order valence-corrected chi connectivity index (χ4v) is 1.84. The van der Waals surface area contributed by atoms with Crippen LogP contribution in [-0.2, 0) is 11.2 Å². The topological polar surface area (TPSA) is 58.6 Å². The highest BCUT2D eigenvalue weighted by Gasteiger charge is 2.28. The van der Waals surface area contributed by atoms with Crippen LogP contribution in [0.25, 0.3) is 0 Å². The molecule has 2 rings (SSSR count). The third kappa shape index (κ3) is 3.20. The lowest BCUT2D eigenvalue weighted by molar-refractivity contribution is -0.139. The second-order valence-electron chi connectivity index (χ2n) is 4.35. The first-order valence-electron chi connectivity index (χ1n) is 5.81. The minimum atomic E-state index is -0.803. The Labute approximate surface area is 101 Å². The number of hydrogen-bond donors (Lipinski definition) is 2. The number of para-hydroxylation sites is 1. The molecular formula is C13H17NO3. The summed E-state index contributed by atoms with van der Waals surface area (Å²) in [4.78, 5) is 11.2. The second kappa shape index (κ2) is 5.19. The molecule has 4 heteroatoms. The Balaban J connectivity index is 2.07. The highest BCUT2D eigenvalue weighted by molar-refractivity contribution is 5.74. The van der Waals surface area contributed by atoms with Crippen LogP contribution >= 0.6 is 0 Å². The summed E-state index contributed by atoms with van der Waals surface area (Å²) in [5.74, 6) is -0.0563. The predicted molar refractivity (Wildman–Crippen MR) is 64.3 cm³/mol. The fraction of sp³-hybridized carbons (Fsp3) is 0.462. The van der Waals surface area contributed by atoms with Crippen molar-refractivity contribution in [2.45, 2.75) is 31.3 Å². The van der Waals surface area contributed by atoms with Gasteiger partial charge in [-0.2, -0.15) is 0 Å². The van der Waals surface area contributed by atoms with Crippen molar-refractivity contribution in [3.8, 4) is 5.75 Å². The van der Waals surface area contributed by atoms with E-state index in [1.807, 2.05) is 24.3 Å². The average molecular weight is 235 g/mol. The minimum Gasteiger partial charge on any atom is -0.496 e. The Kier molecular flexibility index (Phi) is 3.64. The third-order valence-corrected chi connectivity index (χ3v) is 2.93. The molecule has 1 unspecified atom stereocenters. The van der Waals surface area contributed by atoms with E-state index >= 15 is 0 Å². The molecule has 0 saturated heterocycles. The minimum absolute atomic E-state index is 0.380. The molecule has 17 heavy (non-hydrogen) atoms. The Morgan fingerprint density at radius 2 is 2.24 bits per heavy atom. The number of carbonyl (C=O) groups is 1. The van der Waals surface area contributed by atoms with Gasteiger partial charge in [-0.05, 0) is 24.5 Å². The number of hydrogen-bond acceptors (Lipinski definition) is 3. The lowest BCUT2D eigenvalue weighted by Gasteiger charge is -2.15. The quantitative estimate of drug-likeness (QED) is 0.783. The molecule has 1 aromatic carbocycles. The molecule has 92 valence electrons. The SMILES string of the molecule is COc1ccccc1CC(NC1CC1)C(=O)O. The maximum absolute atomic E-state index is 11.2. The summed E-state index contributed by atoms with van der Waals surface area (Å²) in [7, 11) is 1.60. The maximum Gasteiger partial charge on any atom is 0.321 e. The smallest absolute Gasteiger partial charge is 0.321 e. The first-order valence-corrected chi connectivity index (χ1v) is 5.81. The molecule has 0 aromatic heterocycles. The van der Waals surface area contributed by atoms with Gasteiger partial charge >= 0.3 is 5.97 Å². The van der Waals surface area contributed by atoms with Crippen molar-refractivity contribution in [3.05, 3.63) is 29.8 Å². The second-order valence-corrected chi connectivity index (χ2v) is 4.35. The molecule has 0 radical (unpaired) electrons. The number of ether oxygens (including phenoxy) is 1. The van der Waals surface area contributed by atoms with Crippen LogP contribution in [0.3, 0.4) is 0 Å². The van der Waals surface area contributed by atoms with Crippen LogP contribution in [0.1, 0.15) is 18.4 Å². The molecule has 4 nitrogen and oxygen atoms in total. The van der Waals surface area contributed by atoms with Gasteiger partial charge in [0.05, 0.1) is 7.11 Å². The molecule has 1 aliphatic carbocycles. The van der Waals surface area contributed by atoms with Crippen molar-refractivity contribution in [3.63, 3.8) is 0 Å². The van der Waals surface area contributed by atoms with E-state index in [1.54, 1.807) is 7.11 Å². The van der Waals surface area contributed by atoms with Crippen LogP contribution in [0.5, 0.6) is 5.75 Å². The van der Waals surface area contributed by atoms with Crippen LogP contribution < -0.4 is 10.1 Å². The molecule has 0 aliphatic heterocycles. The summed E-state index contributed by atoms with van der Waals surface area (Å²) >= 11 is 0. The van der Waals surface area contributed by atoms with E-state index in [0.29, 0.717) is 12.5 Å². The van der Waals surface area contributed by atoms with Gasteiger partial charge in [-0.1, -0.05) is 18.2 Å². The van der Waals surface area contributed by atoms with Gasteiger partial charge in [0, 0.05) is 12.5 Å². The van der Waals surface area contributed by atoms with Gasteiger partial charge in [-0.25, -0.2) is 0 Å².